The lowest BCUT2D eigenvalue weighted by atomic mass is 10.2. The van der Waals surface area contributed by atoms with Crippen LogP contribution in [0.25, 0.3) is 0 Å². The molecule has 0 aliphatic heterocycles. The molecule has 0 saturated heterocycles. The molecule has 4 rings (SSSR count). The highest BCUT2D eigenvalue weighted by molar-refractivity contribution is 7.82. The summed E-state index contributed by atoms with van der Waals surface area (Å²) in [4.78, 5) is 0. The van der Waals surface area contributed by atoms with Gasteiger partial charge < -0.3 is 9.13 Å². The quantitative estimate of drug-likeness (QED) is 0.336. The van der Waals surface area contributed by atoms with E-state index in [1.807, 2.05) is 123 Å². The van der Waals surface area contributed by atoms with Crippen molar-refractivity contribution in [2.45, 2.75) is 13.8 Å². The van der Waals surface area contributed by atoms with E-state index in [4.69, 9.17) is 0 Å². The molecule has 0 aliphatic rings. The van der Waals surface area contributed by atoms with Gasteiger partial charge in [0.2, 0.25) is 0 Å². The molecule has 32 heavy (non-hydrogen) atoms. The third-order valence-corrected chi connectivity index (χ3v) is 13.0. The molecular formula is C28H28O2P2. The molecule has 4 aromatic carbocycles. The van der Waals surface area contributed by atoms with Crippen LogP contribution in [0.15, 0.2) is 109 Å². The van der Waals surface area contributed by atoms with Crippen LogP contribution in [-0.2, 0) is 9.13 Å². The van der Waals surface area contributed by atoms with Gasteiger partial charge in [-0.2, -0.15) is 0 Å². The van der Waals surface area contributed by atoms with Crippen LogP contribution in [0.1, 0.15) is 11.1 Å². The normalized spacial score (nSPS) is 14.9. The minimum Gasteiger partial charge on any atom is -0.314 e. The van der Waals surface area contributed by atoms with Crippen molar-refractivity contribution in [1.82, 2.24) is 0 Å². The van der Waals surface area contributed by atoms with Gasteiger partial charge in [0.05, 0.1) is 0 Å². The smallest absolute Gasteiger partial charge is 0.143 e. The fraction of sp³-hybridized carbons (Fsp3) is 0.143. The van der Waals surface area contributed by atoms with Gasteiger partial charge in [0.25, 0.3) is 0 Å². The third kappa shape index (κ3) is 4.31. The average molecular weight is 458 g/mol. The van der Waals surface area contributed by atoms with E-state index in [0.29, 0.717) is 12.3 Å². The Balaban J connectivity index is 1.84. The van der Waals surface area contributed by atoms with Crippen LogP contribution in [0.4, 0.5) is 0 Å². The summed E-state index contributed by atoms with van der Waals surface area (Å²) >= 11 is 0. The van der Waals surface area contributed by atoms with Crippen LogP contribution in [0, 0.1) is 13.8 Å². The second kappa shape index (κ2) is 9.45. The molecule has 0 radical (unpaired) electrons. The molecule has 0 bridgehead atoms. The van der Waals surface area contributed by atoms with E-state index in [0.717, 1.165) is 32.3 Å². The van der Waals surface area contributed by atoms with E-state index < -0.39 is 14.3 Å². The van der Waals surface area contributed by atoms with Crippen LogP contribution in [0.5, 0.6) is 0 Å². The van der Waals surface area contributed by atoms with Gasteiger partial charge in [-0.15, -0.1) is 0 Å². The van der Waals surface area contributed by atoms with Crippen molar-refractivity contribution in [3.63, 3.8) is 0 Å². The number of hydrogen-bond acceptors (Lipinski definition) is 2. The Hall–Kier alpha value is -2.66. The first-order valence-electron chi connectivity index (χ1n) is 10.9. The summed E-state index contributed by atoms with van der Waals surface area (Å²) in [6, 6.07) is 35.1. The molecule has 0 amide bonds. The maximum Gasteiger partial charge on any atom is 0.143 e. The Labute approximate surface area is 191 Å². The van der Waals surface area contributed by atoms with Crippen molar-refractivity contribution in [2.24, 2.45) is 0 Å². The average Bonchev–Trinajstić information content (AvgIpc) is 2.84. The molecule has 2 atom stereocenters. The second-order valence-corrected chi connectivity index (χ2v) is 14.0. The number of rotatable bonds is 7. The van der Waals surface area contributed by atoms with Crippen LogP contribution in [-0.4, -0.2) is 12.3 Å². The Morgan fingerprint density at radius 2 is 0.781 bits per heavy atom. The van der Waals surface area contributed by atoms with Crippen molar-refractivity contribution >= 4 is 35.5 Å². The van der Waals surface area contributed by atoms with E-state index in [9.17, 15) is 9.13 Å². The second-order valence-electron chi connectivity index (χ2n) is 8.17. The monoisotopic (exact) mass is 458 g/mol. The van der Waals surface area contributed by atoms with Crippen molar-refractivity contribution in [2.75, 3.05) is 12.3 Å². The lowest BCUT2D eigenvalue weighted by Gasteiger charge is -2.26. The van der Waals surface area contributed by atoms with Crippen LogP contribution >= 0.6 is 14.3 Å². The Morgan fingerprint density at radius 1 is 0.469 bits per heavy atom. The molecule has 0 aliphatic carbocycles. The van der Waals surface area contributed by atoms with Crippen LogP contribution < -0.4 is 21.2 Å². The topological polar surface area (TPSA) is 34.1 Å². The summed E-state index contributed by atoms with van der Waals surface area (Å²) in [6.07, 6.45) is 0.699. The van der Waals surface area contributed by atoms with Gasteiger partial charge >= 0.3 is 0 Å². The highest BCUT2D eigenvalue weighted by Gasteiger charge is 2.35. The van der Waals surface area contributed by atoms with Gasteiger partial charge in [-0.05, 0) is 25.0 Å². The molecule has 0 fully saturated rings. The first kappa shape index (κ1) is 22.5. The highest BCUT2D eigenvalue weighted by atomic mass is 31.2. The molecule has 4 heteroatoms. The molecule has 0 saturated carbocycles. The van der Waals surface area contributed by atoms with E-state index in [1.54, 1.807) is 0 Å². The molecule has 0 aromatic heterocycles. The van der Waals surface area contributed by atoms with Gasteiger partial charge in [-0.3, -0.25) is 0 Å². The zero-order chi connectivity index (χ0) is 22.6. The SMILES string of the molecule is Cc1ccccc1[P@@](=O)(CC[P@@](=O)(c1ccccc1)c1ccccc1C)c1ccccc1. The lowest BCUT2D eigenvalue weighted by Crippen LogP contribution is -2.26. The maximum atomic E-state index is 14.7. The lowest BCUT2D eigenvalue weighted by molar-refractivity contribution is 0.582. The molecule has 0 spiro atoms. The molecule has 162 valence electrons. The summed E-state index contributed by atoms with van der Waals surface area (Å²) in [6.45, 7) is 4.01. The summed E-state index contributed by atoms with van der Waals surface area (Å²) in [5.74, 6) is 0. The van der Waals surface area contributed by atoms with Gasteiger partial charge in [0, 0.05) is 33.5 Å². The largest absolute Gasteiger partial charge is 0.314 e. The third-order valence-electron chi connectivity index (χ3n) is 6.09. The van der Waals surface area contributed by atoms with Crippen molar-refractivity contribution in [3.05, 3.63) is 120 Å². The van der Waals surface area contributed by atoms with Gasteiger partial charge in [-0.1, -0.05) is 109 Å². The fourth-order valence-corrected chi connectivity index (χ4v) is 11.4. The predicted octanol–water partition coefficient (Wildman–Crippen LogP) is 5.63. The molecule has 2 nitrogen and oxygen atoms in total. The van der Waals surface area contributed by atoms with E-state index >= 15 is 0 Å². The summed E-state index contributed by atoms with van der Waals surface area (Å²) in [5, 5.41) is 3.35. The standard InChI is InChI=1S/C28H28O2P2/c1-23-13-9-11-19-27(23)31(29,25-15-5-3-6-16-25)21-22-32(30,26-17-7-4-8-18-26)28-20-12-10-14-24(28)2/h3-20H,21-22H2,1-2H3/t31-,32-/m1/s1. The molecular weight excluding hydrogens is 430 g/mol. The fourth-order valence-electron chi connectivity index (χ4n) is 4.33. The van der Waals surface area contributed by atoms with Crippen molar-refractivity contribution in [3.8, 4) is 0 Å². The molecule has 0 heterocycles. The zero-order valence-electron chi connectivity index (χ0n) is 18.5. The summed E-state index contributed by atoms with van der Waals surface area (Å²) < 4.78 is 29.4. The van der Waals surface area contributed by atoms with Gasteiger partial charge in [0.1, 0.15) is 14.3 Å². The number of hydrogen-bond donors (Lipinski definition) is 0. The maximum absolute atomic E-state index is 14.7. The Kier molecular flexibility index (Phi) is 6.66. The van der Waals surface area contributed by atoms with Crippen molar-refractivity contribution in [1.29, 1.82) is 0 Å². The number of aryl methyl sites for hydroxylation is 2. The summed E-state index contributed by atoms with van der Waals surface area (Å²) in [5.41, 5.74) is 2.01. The van der Waals surface area contributed by atoms with Crippen LogP contribution in [0.2, 0.25) is 0 Å². The van der Waals surface area contributed by atoms with Gasteiger partial charge in [0.15, 0.2) is 0 Å². The molecule has 0 unspecified atom stereocenters. The number of benzene rings is 4. The molecule has 0 N–H and O–H groups in total. The first-order chi connectivity index (χ1) is 15.4. The van der Waals surface area contributed by atoms with E-state index in [-0.39, 0.29) is 0 Å². The Bertz CT molecular complexity index is 1190. The minimum atomic E-state index is -2.99. The summed E-state index contributed by atoms with van der Waals surface area (Å²) in [7, 11) is -5.97. The zero-order valence-corrected chi connectivity index (χ0v) is 20.3. The predicted molar refractivity (Wildman–Crippen MR) is 139 cm³/mol. The Morgan fingerprint density at radius 3 is 1.12 bits per heavy atom. The first-order valence-corrected chi connectivity index (χ1v) is 14.7. The van der Waals surface area contributed by atoms with Gasteiger partial charge in [-0.25, -0.2) is 0 Å². The minimum absolute atomic E-state index is 0.350. The van der Waals surface area contributed by atoms with Crippen molar-refractivity contribution < 1.29 is 9.13 Å². The van der Waals surface area contributed by atoms with Crippen LogP contribution in [0.3, 0.4) is 0 Å². The van der Waals surface area contributed by atoms with E-state index in [1.165, 1.54) is 0 Å². The highest BCUT2D eigenvalue weighted by Crippen LogP contribution is 2.51. The van der Waals surface area contributed by atoms with E-state index in [2.05, 4.69) is 0 Å². The molecule has 4 aromatic rings.